The van der Waals surface area contributed by atoms with E-state index in [0.717, 1.165) is 18.5 Å². The van der Waals surface area contributed by atoms with Gasteiger partial charge in [-0.1, -0.05) is 18.2 Å². The molecule has 2 heterocycles. The van der Waals surface area contributed by atoms with Crippen LogP contribution in [0.5, 0.6) is 0 Å². The number of nitrogens with zero attached hydrogens (tertiary/aromatic N) is 3. The molecule has 0 saturated carbocycles. The van der Waals surface area contributed by atoms with E-state index in [0.29, 0.717) is 42.9 Å². The van der Waals surface area contributed by atoms with E-state index in [1.54, 1.807) is 43.0 Å². The van der Waals surface area contributed by atoms with Crippen LogP contribution in [0.25, 0.3) is 0 Å². The third kappa shape index (κ3) is 5.60. The van der Waals surface area contributed by atoms with Gasteiger partial charge < -0.3 is 20.1 Å². The molecule has 0 atom stereocenters. The number of hydrogen-bond acceptors (Lipinski definition) is 4. The molecule has 3 aromatic rings. The van der Waals surface area contributed by atoms with Gasteiger partial charge in [-0.05, 0) is 42.3 Å². The van der Waals surface area contributed by atoms with E-state index in [-0.39, 0.29) is 17.7 Å². The number of anilines is 2. The van der Waals surface area contributed by atoms with Crippen molar-refractivity contribution >= 4 is 29.1 Å². The summed E-state index contributed by atoms with van der Waals surface area (Å²) in [5.41, 5.74) is 2.64. The summed E-state index contributed by atoms with van der Waals surface area (Å²) in [5, 5.41) is 5.72. The molecule has 2 N–H and O–H groups in total. The highest BCUT2D eigenvalue weighted by atomic mass is 16.2. The zero-order chi connectivity index (χ0) is 22.3. The number of carbonyl (C=O) groups is 3. The molecule has 4 rings (SSSR count). The van der Waals surface area contributed by atoms with Crippen molar-refractivity contribution in [2.75, 3.05) is 17.2 Å². The Labute approximate surface area is 186 Å². The minimum Gasteiger partial charge on any atom is -0.338 e. The highest BCUT2D eigenvalue weighted by Crippen LogP contribution is 2.18. The number of likely N-dealkylation sites (tertiary alicyclic amines) is 1. The summed E-state index contributed by atoms with van der Waals surface area (Å²) in [7, 11) is 0. The van der Waals surface area contributed by atoms with Gasteiger partial charge in [0.15, 0.2) is 0 Å². The van der Waals surface area contributed by atoms with Gasteiger partial charge in [-0.25, -0.2) is 4.98 Å². The van der Waals surface area contributed by atoms with Crippen molar-refractivity contribution in [3.63, 3.8) is 0 Å². The molecule has 8 heteroatoms. The van der Waals surface area contributed by atoms with Crippen molar-refractivity contribution in [2.24, 2.45) is 0 Å². The first-order chi connectivity index (χ1) is 15.6. The summed E-state index contributed by atoms with van der Waals surface area (Å²) in [6.45, 7) is 1.85. The molecule has 0 unspecified atom stereocenters. The minimum absolute atomic E-state index is 0.139. The molecule has 0 spiro atoms. The summed E-state index contributed by atoms with van der Waals surface area (Å²) >= 11 is 0. The molecule has 1 aliphatic heterocycles. The van der Waals surface area contributed by atoms with Crippen molar-refractivity contribution in [1.82, 2.24) is 14.5 Å². The topological polar surface area (TPSA) is 96.3 Å². The van der Waals surface area contributed by atoms with E-state index in [2.05, 4.69) is 15.6 Å². The molecule has 1 aliphatic rings. The van der Waals surface area contributed by atoms with Gasteiger partial charge in [0, 0.05) is 61.8 Å². The van der Waals surface area contributed by atoms with Gasteiger partial charge in [0.1, 0.15) is 0 Å². The highest BCUT2D eigenvalue weighted by molar-refractivity contribution is 6.05. The molecule has 0 aliphatic carbocycles. The Bertz CT molecular complexity index is 1110. The third-order valence-corrected chi connectivity index (χ3v) is 5.29. The zero-order valence-electron chi connectivity index (χ0n) is 17.7. The Hall–Kier alpha value is -3.94. The Kier molecular flexibility index (Phi) is 6.60. The van der Waals surface area contributed by atoms with Crippen LogP contribution in [0.1, 0.15) is 35.2 Å². The van der Waals surface area contributed by atoms with Crippen LogP contribution in [0.3, 0.4) is 0 Å². The first kappa shape index (κ1) is 21.3. The number of rotatable bonds is 8. The Morgan fingerprint density at radius 2 is 1.84 bits per heavy atom. The van der Waals surface area contributed by atoms with Crippen LogP contribution < -0.4 is 10.6 Å². The van der Waals surface area contributed by atoms with Gasteiger partial charge in [0.2, 0.25) is 11.8 Å². The molecule has 32 heavy (non-hydrogen) atoms. The third-order valence-electron chi connectivity index (χ3n) is 5.29. The van der Waals surface area contributed by atoms with Gasteiger partial charge in [0.25, 0.3) is 5.91 Å². The number of imidazole rings is 1. The fourth-order valence-corrected chi connectivity index (χ4v) is 3.65. The van der Waals surface area contributed by atoms with Crippen LogP contribution in [-0.2, 0) is 22.7 Å². The van der Waals surface area contributed by atoms with Gasteiger partial charge in [0.05, 0.1) is 6.33 Å². The predicted octanol–water partition coefficient (Wildman–Crippen LogP) is 3.29. The second kappa shape index (κ2) is 9.91. The maximum absolute atomic E-state index is 12.7. The van der Waals surface area contributed by atoms with Crippen LogP contribution in [0, 0.1) is 0 Å². The van der Waals surface area contributed by atoms with Crippen molar-refractivity contribution in [3.05, 3.63) is 78.4 Å². The van der Waals surface area contributed by atoms with Crippen molar-refractivity contribution in [3.8, 4) is 0 Å². The van der Waals surface area contributed by atoms with Crippen LogP contribution in [0.15, 0.2) is 67.3 Å². The number of benzene rings is 2. The molecule has 164 valence electrons. The molecular formula is C24H25N5O3. The van der Waals surface area contributed by atoms with Crippen molar-refractivity contribution in [2.45, 2.75) is 32.4 Å². The molecule has 0 bridgehead atoms. The highest BCUT2D eigenvalue weighted by Gasteiger charge is 2.20. The second-order valence-corrected chi connectivity index (χ2v) is 7.75. The SMILES string of the molecule is O=C(CCn1ccnc1)Nc1cccc(C(=O)Nc2cccc(CN3CCCC3=O)c2)c1. The van der Waals surface area contributed by atoms with E-state index in [1.807, 2.05) is 33.7 Å². The average Bonchev–Trinajstić information content (AvgIpc) is 3.45. The summed E-state index contributed by atoms with van der Waals surface area (Å²) in [5.74, 6) is -0.238. The van der Waals surface area contributed by atoms with E-state index in [1.165, 1.54) is 0 Å². The molecule has 1 saturated heterocycles. The lowest BCUT2D eigenvalue weighted by Gasteiger charge is -2.16. The fraction of sp³-hybridized carbons (Fsp3) is 0.250. The standard InChI is InChI=1S/C24H25N5O3/c30-22(9-12-28-13-10-25-17-28)26-21-7-2-5-19(15-21)24(32)27-20-6-1-4-18(14-20)16-29-11-3-8-23(29)31/h1-2,4-7,10,13-15,17H,3,8-9,11-12,16H2,(H,26,30)(H,27,32). The maximum atomic E-state index is 12.7. The Balaban J connectivity index is 1.35. The lowest BCUT2D eigenvalue weighted by Crippen LogP contribution is -2.23. The summed E-state index contributed by atoms with van der Waals surface area (Å²) in [6.07, 6.45) is 6.94. The van der Waals surface area contributed by atoms with Crippen LogP contribution in [-0.4, -0.2) is 38.7 Å². The summed E-state index contributed by atoms with van der Waals surface area (Å²) in [6, 6.07) is 14.3. The number of nitrogens with one attached hydrogen (secondary N) is 2. The normalized spacial score (nSPS) is 13.2. The molecule has 3 amide bonds. The molecular weight excluding hydrogens is 406 g/mol. The quantitative estimate of drug-likeness (QED) is 0.572. The first-order valence-electron chi connectivity index (χ1n) is 10.6. The number of hydrogen-bond donors (Lipinski definition) is 2. The maximum Gasteiger partial charge on any atom is 0.255 e. The molecule has 1 aromatic heterocycles. The van der Waals surface area contributed by atoms with E-state index in [9.17, 15) is 14.4 Å². The number of aryl methyl sites for hydroxylation is 1. The average molecular weight is 431 g/mol. The lowest BCUT2D eigenvalue weighted by atomic mass is 10.1. The lowest BCUT2D eigenvalue weighted by molar-refractivity contribution is -0.128. The molecule has 8 nitrogen and oxygen atoms in total. The molecule has 0 radical (unpaired) electrons. The van der Waals surface area contributed by atoms with Gasteiger partial charge >= 0.3 is 0 Å². The van der Waals surface area contributed by atoms with Crippen LogP contribution >= 0.6 is 0 Å². The largest absolute Gasteiger partial charge is 0.338 e. The minimum atomic E-state index is -0.270. The number of aromatic nitrogens is 2. The fourth-order valence-electron chi connectivity index (χ4n) is 3.65. The van der Waals surface area contributed by atoms with Crippen LogP contribution in [0.4, 0.5) is 11.4 Å². The predicted molar refractivity (Wildman–Crippen MR) is 121 cm³/mol. The van der Waals surface area contributed by atoms with Gasteiger partial charge in [-0.3, -0.25) is 14.4 Å². The van der Waals surface area contributed by atoms with E-state index in [4.69, 9.17) is 0 Å². The number of carbonyl (C=O) groups excluding carboxylic acids is 3. The summed E-state index contributed by atoms with van der Waals surface area (Å²) in [4.78, 5) is 42.6. The molecule has 1 fully saturated rings. The zero-order valence-corrected chi connectivity index (χ0v) is 17.7. The first-order valence-corrected chi connectivity index (χ1v) is 10.6. The van der Waals surface area contributed by atoms with Gasteiger partial charge in [-0.15, -0.1) is 0 Å². The monoisotopic (exact) mass is 431 g/mol. The second-order valence-electron chi connectivity index (χ2n) is 7.75. The summed E-state index contributed by atoms with van der Waals surface area (Å²) < 4.78 is 1.83. The van der Waals surface area contributed by atoms with Gasteiger partial charge in [-0.2, -0.15) is 0 Å². The Morgan fingerprint density at radius 3 is 2.59 bits per heavy atom. The Morgan fingerprint density at radius 1 is 1.03 bits per heavy atom. The number of amides is 3. The van der Waals surface area contributed by atoms with Crippen LogP contribution in [0.2, 0.25) is 0 Å². The van der Waals surface area contributed by atoms with Crippen molar-refractivity contribution in [1.29, 1.82) is 0 Å². The van der Waals surface area contributed by atoms with E-state index < -0.39 is 0 Å². The molecule has 2 aromatic carbocycles. The van der Waals surface area contributed by atoms with Crippen molar-refractivity contribution < 1.29 is 14.4 Å². The smallest absolute Gasteiger partial charge is 0.255 e. The van der Waals surface area contributed by atoms with E-state index >= 15 is 0 Å².